The quantitative estimate of drug-likeness (QED) is 0.759. The Kier molecular flexibility index (Phi) is 2.79. The highest BCUT2D eigenvalue weighted by Crippen LogP contribution is 2.32. The second kappa shape index (κ2) is 4.92. The number of allylic oxidation sites excluding steroid dienone is 1. The number of aromatic amines is 1. The minimum Gasteiger partial charge on any atom is -0.492 e. The summed E-state index contributed by atoms with van der Waals surface area (Å²) in [7, 11) is 0. The van der Waals surface area contributed by atoms with Crippen LogP contribution in [0.3, 0.4) is 0 Å². The van der Waals surface area contributed by atoms with Gasteiger partial charge in [-0.25, -0.2) is 9.98 Å². The Morgan fingerprint density at radius 1 is 1.14 bits per heavy atom. The normalized spacial score (nSPS) is 14.5. The van der Waals surface area contributed by atoms with Crippen molar-refractivity contribution in [2.24, 2.45) is 4.99 Å². The summed E-state index contributed by atoms with van der Waals surface area (Å²) in [6.07, 6.45) is 8.60. The molecule has 0 atom stereocenters. The van der Waals surface area contributed by atoms with Crippen LogP contribution in [0.5, 0.6) is 5.88 Å². The van der Waals surface area contributed by atoms with Gasteiger partial charge < -0.3 is 10.1 Å². The van der Waals surface area contributed by atoms with E-state index in [2.05, 4.69) is 24.9 Å². The summed E-state index contributed by atoms with van der Waals surface area (Å²) in [5.41, 5.74) is 3.14. The van der Waals surface area contributed by atoms with Gasteiger partial charge in [-0.2, -0.15) is 4.98 Å². The molecule has 0 radical (unpaired) electrons. The number of aromatic hydroxyl groups is 1. The van der Waals surface area contributed by atoms with E-state index in [0.29, 0.717) is 17.3 Å². The Balaban J connectivity index is 1.75. The second-order valence-electron chi connectivity index (χ2n) is 4.80. The first-order chi connectivity index (χ1) is 10.8. The maximum Gasteiger partial charge on any atom is 0.237 e. The molecule has 4 rings (SSSR count). The number of hydrogen-bond donors (Lipinski definition) is 2. The average molecular weight is 289 g/mol. The molecule has 4 heterocycles. The number of pyridine rings is 2. The number of nitrogens with one attached hydrogen (secondary N) is 1. The minimum atomic E-state index is -0.0582. The molecule has 3 aromatic heterocycles. The molecule has 0 bridgehead atoms. The number of fused-ring (bicyclic) bond motifs is 1. The van der Waals surface area contributed by atoms with Gasteiger partial charge in [0.15, 0.2) is 5.82 Å². The van der Waals surface area contributed by atoms with Gasteiger partial charge in [-0.1, -0.05) is 0 Å². The molecule has 6 heteroatoms. The van der Waals surface area contributed by atoms with Crippen molar-refractivity contribution in [3.63, 3.8) is 0 Å². The van der Waals surface area contributed by atoms with E-state index in [1.165, 1.54) is 0 Å². The average Bonchev–Trinajstić information content (AvgIpc) is 3.13. The predicted octanol–water partition coefficient (Wildman–Crippen LogP) is 2.83. The number of hydrogen-bond acceptors (Lipinski definition) is 5. The monoisotopic (exact) mass is 289 g/mol. The van der Waals surface area contributed by atoms with Gasteiger partial charge in [0.05, 0.1) is 0 Å². The molecular formula is C16H11N5O. The fourth-order valence-electron chi connectivity index (χ4n) is 2.31. The molecule has 22 heavy (non-hydrogen) atoms. The maximum atomic E-state index is 10.0. The summed E-state index contributed by atoms with van der Waals surface area (Å²) in [6, 6.07) is 7.49. The van der Waals surface area contributed by atoms with Crippen LogP contribution in [0.25, 0.3) is 23.0 Å². The van der Waals surface area contributed by atoms with Crippen LogP contribution in [0.2, 0.25) is 0 Å². The van der Waals surface area contributed by atoms with Gasteiger partial charge in [0.1, 0.15) is 11.5 Å². The summed E-state index contributed by atoms with van der Waals surface area (Å²) >= 11 is 0. The molecule has 106 valence electrons. The number of rotatable bonds is 2. The lowest BCUT2D eigenvalue weighted by Crippen LogP contribution is -1.83. The van der Waals surface area contributed by atoms with Crippen LogP contribution >= 0.6 is 0 Å². The third-order valence-corrected chi connectivity index (χ3v) is 3.37. The van der Waals surface area contributed by atoms with Crippen molar-refractivity contribution in [2.75, 3.05) is 0 Å². The third kappa shape index (κ3) is 2.07. The van der Waals surface area contributed by atoms with Crippen molar-refractivity contribution in [2.45, 2.75) is 0 Å². The van der Waals surface area contributed by atoms with Gasteiger partial charge in [0.25, 0.3) is 0 Å². The highest BCUT2D eigenvalue weighted by atomic mass is 16.3. The maximum absolute atomic E-state index is 10.0. The molecule has 0 spiro atoms. The largest absolute Gasteiger partial charge is 0.492 e. The van der Waals surface area contributed by atoms with Gasteiger partial charge in [-0.15, -0.1) is 0 Å². The molecule has 0 unspecified atom stereocenters. The first-order valence-corrected chi connectivity index (χ1v) is 6.72. The Morgan fingerprint density at radius 3 is 2.91 bits per heavy atom. The van der Waals surface area contributed by atoms with E-state index < -0.39 is 0 Å². The Bertz CT molecular complexity index is 896. The van der Waals surface area contributed by atoms with Gasteiger partial charge >= 0.3 is 0 Å². The number of aromatic nitrogens is 4. The first kappa shape index (κ1) is 12.5. The Labute approximate surface area is 126 Å². The highest BCUT2D eigenvalue weighted by Gasteiger charge is 2.15. The minimum absolute atomic E-state index is 0.0582. The molecule has 0 saturated carbocycles. The summed E-state index contributed by atoms with van der Waals surface area (Å²) in [5.74, 6) is 1.19. The lowest BCUT2D eigenvalue weighted by Gasteiger charge is -1.97. The van der Waals surface area contributed by atoms with Crippen LogP contribution in [0, 0.1) is 0 Å². The number of nitrogens with zero attached hydrogens (tertiary/aromatic N) is 4. The Morgan fingerprint density at radius 2 is 2.05 bits per heavy atom. The number of imidazole rings is 1. The van der Waals surface area contributed by atoms with Crippen LogP contribution < -0.4 is 0 Å². The van der Waals surface area contributed by atoms with E-state index in [1.54, 1.807) is 30.9 Å². The predicted molar refractivity (Wildman–Crippen MR) is 83.7 cm³/mol. The van der Waals surface area contributed by atoms with Crippen LogP contribution in [-0.2, 0) is 0 Å². The van der Waals surface area contributed by atoms with Gasteiger partial charge in [-0.05, 0) is 30.3 Å². The molecule has 6 nitrogen and oxygen atoms in total. The van der Waals surface area contributed by atoms with Gasteiger partial charge in [0, 0.05) is 41.5 Å². The molecule has 0 aliphatic carbocycles. The standard InChI is InChI=1S/C16H11N5O/c22-16-13(20-14(21-16)10-3-1-5-17-8-10)7-11-9-19-15-12(11)4-2-6-18-15/h1-9,22H,(H,20,21)/b11-7+. The first-order valence-electron chi connectivity index (χ1n) is 6.72. The van der Waals surface area contributed by atoms with Crippen molar-refractivity contribution in [1.29, 1.82) is 0 Å². The lowest BCUT2D eigenvalue weighted by atomic mass is 10.1. The summed E-state index contributed by atoms with van der Waals surface area (Å²) in [4.78, 5) is 19.7. The summed E-state index contributed by atoms with van der Waals surface area (Å²) < 4.78 is 0. The van der Waals surface area contributed by atoms with Crippen LogP contribution in [-0.4, -0.2) is 31.3 Å². The summed E-state index contributed by atoms with van der Waals surface area (Å²) in [6.45, 7) is 0. The molecular weight excluding hydrogens is 278 g/mol. The molecule has 0 fully saturated rings. The highest BCUT2D eigenvalue weighted by molar-refractivity contribution is 6.20. The van der Waals surface area contributed by atoms with E-state index in [4.69, 9.17) is 0 Å². The van der Waals surface area contributed by atoms with E-state index in [9.17, 15) is 5.11 Å². The molecule has 0 saturated heterocycles. The van der Waals surface area contributed by atoms with E-state index >= 15 is 0 Å². The zero-order chi connectivity index (χ0) is 14.9. The fraction of sp³-hybridized carbons (Fsp3) is 0. The third-order valence-electron chi connectivity index (χ3n) is 3.37. The molecule has 0 aromatic carbocycles. The van der Waals surface area contributed by atoms with E-state index in [1.807, 2.05) is 24.3 Å². The van der Waals surface area contributed by atoms with Crippen LogP contribution in [0.1, 0.15) is 11.3 Å². The topological polar surface area (TPSA) is 87.0 Å². The molecule has 3 aromatic rings. The SMILES string of the molecule is Oc1nc(-c2cccnc2)[nH]c1/C=C1\C=Nc2ncccc21. The number of aliphatic imine (C=N–C) groups is 1. The lowest BCUT2D eigenvalue weighted by molar-refractivity contribution is 0.455. The van der Waals surface area contributed by atoms with E-state index in [0.717, 1.165) is 16.7 Å². The van der Waals surface area contributed by atoms with Crippen LogP contribution in [0.15, 0.2) is 47.8 Å². The molecule has 1 aliphatic heterocycles. The molecule has 0 amide bonds. The Hall–Kier alpha value is -3.28. The van der Waals surface area contributed by atoms with Gasteiger partial charge in [0.2, 0.25) is 5.88 Å². The van der Waals surface area contributed by atoms with Crippen LogP contribution in [0.4, 0.5) is 5.82 Å². The summed E-state index contributed by atoms with van der Waals surface area (Å²) in [5, 5.41) is 10.0. The zero-order valence-corrected chi connectivity index (χ0v) is 11.4. The fourth-order valence-corrected chi connectivity index (χ4v) is 2.31. The van der Waals surface area contributed by atoms with E-state index in [-0.39, 0.29) is 5.88 Å². The van der Waals surface area contributed by atoms with Crippen molar-refractivity contribution in [3.8, 4) is 17.3 Å². The number of H-pyrrole nitrogens is 1. The molecule has 2 N–H and O–H groups in total. The van der Waals surface area contributed by atoms with Crippen molar-refractivity contribution in [1.82, 2.24) is 19.9 Å². The smallest absolute Gasteiger partial charge is 0.237 e. The van der Waals surface area contributed by atoms with Crippen molar-refractivity contribution >= 4 is 23.7 Å². The van der Waals surface area contributed by atoms with Gasteiger partial charge in [-0.3, -0.25) is 4.98 Å². The van der Waals surface area contributed by atoms with Crippen molar-refractivity contribution in [3.05, 3.63) is 54.1 Å². The van der Waals surface area contributed by atoms with Crippen molar-refractivity contribution < 1.29 is 5.11 Å². The second-order valence-corrected chi connectivity index (χ2v) is 4.80. The molecule has 1 aliphatic rings. The zero-order valence-electron chi connectivity index (χ0n) is 11.4.